The van der Waals surface area contributed by atoms with E-state index in [0.717, 1.165) is 18.7 Å². The number of hydrogen-bond donors (Lipinski definition) is 2. The summed E-state index contributed by atoms with van der Waals surface area (Å²) in [5, 5.41) is 7.00. The van der Waals surface area contributed by atoms with E-state index in [1.54, 1.807) is 18.4 Å². The molecule has 3 rings (SSSR count). The molecule has 1 saturated carbocycles. The molecule has 0 radical (unpaired) electrons. The molecule has 1 fully saturated rings. The van der Waals surface area contributed by atoms with Gasteiger partial charge in [0.2, 0.25) is 0 Å². The summed E-state index contributed by atoms with van der Waals surface area (Å²) in [6.07, 6.45) is 2.47. The number of guanidine groups is 1. The van der Waals surface area contributed by atoms with Crippen molar-refractivity contribution in [2.45, 2.75) is 31.8 Å². The minimum Gasteiger partial charge on any atom is -0.467 e. The predicted octanol–water partition coefficient (Wildman–Crippen LogP) is 4.30. The number of halogens is 3. The zero-order valence-electron chi connectivity index (χ0n) is 13.3. The van der Waals surface area contributed by atoms with E-state index in [1.165, 1.54) is 6.07 Å². The fourth-order valence-electron chi connectivity index (χ4n) is 2.59. The van der Waals surface area contributed by atoms with Gasteiger partial charge >= 0.3 is 0 Å². The van der Waals surface area contributed by atoms with Crippen molar-refractivity contribution in [3.8, 4) is 0 Å². The topological polar surface area (TPSA) is 49.6 Å². The highest BCUT2D eigenvalue weighted by Crippen LogP contribution is 2.44. The SMILES string of the molecule is CCNC(=NCc1ccco1)NC1CC1c1c(F)cccc1Cl.I. The summed E-state index contributed by atoms with van der Waals surface area (Å²) in [6, 6.07) is 8.66. The van der Waals surface area contributed by atoms with E-state index in [0.29, 0.717) is 23.1 Å². The molecule has 2 aromatic rings. The zero-order chi connectivity index (χ0) is 16.2. The molecule has 1 aromatic carbocycles. The maximum Gasteiger partial charge on any atom is 0.191 e. The van der Waals surface area contributed by atoms with Crippen molar-refractivity contribution in [3.05, 3.63) is 58.8 Å². The van der Waals surface area contributed by atoms with E-state index >= 15 is 0 Å². The van der Waals surface area contributed by atoms with Crippen LogP contribution in [0.1, 0.15) is 30.6 Å². The molecule has 0 saturated heterocycles. The smallest absolute Gasteiger partial charge is 0.191 e. The first kappa shape index (κ1) is 19.1. The van der Waals surface area contributed by atoms with Crippen molar-refractivity contribution in [2.24, 2.45) is 4.99 Å². The number of hydrogen-bond acceptors (Lipinski definition) is 2. The van der Waals surface area contributed by atoms with Gasteiger partial charge in [-0.1, -0.05) is 17.7 Å². The lowest BCUT2D eigenvalue weighted by molar-refractivity contribution is 0.512. The van der Waals surface area contributed by atoms with Gasteiger partial charge in [-0.2, -0.15) is 0 Å². The molecular weight excluding hydrogens is 444 g/mol. The minimum absolute atomic E-state index is 0. The van der Waals surface area contributed by atoms with Gasteiger partial charge in [0, 0.05) is 29.1 Å². The number of nitrogens with one attached hydrogen (secondary N) is 2. The summed E-state index contributed by atoms with van der Waals surface area (Å²) in [5.41, 5.74) is 0.591. The summed E-state index contributed by atoms with van der Waals surface area (Å²) >= 11 is 6.13. The van der Waals surface area contributed by atoms with Gasteiger partial charge < -0.3 is 15.1 Å². The molecule has 1 aromatic heterocycles. The van der Waals surface area contributed by atoms with E-state index in [-0.39, 0.29) is 41.8 Å². The number of nitrogens with zero attached hydrogens (tertiary/aromatic N) is 1. The van der Waals surface area contributed by atoms with Crippen LogP contribution in [0.3, 0.4) is 0 Å². The normalized spacial score (nSPS) is 19.5. The summed E-state index contributed by atoms with van der Waals surface area (Å²) in [5.74, 6) is 1.33. The molecule has 1 aliphatic rings. The lowest BCUT2D eigenvalue weighted by atomic mass is 10.1. The minimum atomic E-state index is -0.246. The Morgan fingerprint density at radius 1 is 1.38 bits per heavy atom. The molecule has 7 heteroatoms. The van der Waals surface area contributed by atoms with Crippen LogP contribution < -0.4 is 10.6 Å². The highest BCUT2D eigenvalue weighted by atomic mass is 127. The lowest BCUT2D eigenvalue weighted by Gasteiger charge is -2.11. The molecule has 4 nitrogen and oxygen atoms in total. The first-order chi connectivity index (χ1) is 11.2. The average molecular weight is 464 g/mol. The number of aliphatic imine (C=N–C) groups is 1. The number of furan rings is 1. The molecular formula is C17H20ClFIN3O. The molecule has 24 heavy (non-hydrogen) atoms. The van der Waals surface area contributed by atoms with Crippen LogP contribution in [-0.4, -0.2) is 18.5 Å². The second-order valence-electron chi connectivity index (χ2n) is 5.50. The zero-order valence-corrected chi connectivity index (χ0v) is 16.3. The van der Waals surface area contributed by atoms with Crippen LogP contribution in [0.5, 0.6) is 0 Å². The second-order valence-corrected chi connectivity index (χ2v) is 5.91. The quantitative estimate of drug-likeness (QED) is 0.395. The first-order valence-corrected chi connectivity index (χ1v) is 8.08. The lowest BCUT2D eigenvalue weighted by Crippen LogP contribution is -2.39. The first-order valence-electron chi connectivity index (χ1n) is 7.70. The highest BCUT2D eigenvalue weighted by molar-refractivity contribution is 14.0. The van der Waals surface area contributed by atoms with Gasteiger partial charge in [-0.15, -0.1) is 24.0 Å². The molecule has 1 aliphatic carbocycles. The third-order valence-electron chi connectivity index (χ3n) is 3.80. The Morgan fingerprint density at radius 3 is 2.88 bits per heavy atom. The average Bonchev–Trinajstić information content (AvgIpc) is 3.06. The molecule has 2 atom stereocenters. The largest absolute Gasteiger partial charge is 0.467 e. The fraction of sp³-hybridized carbons (Fsp3) is 0.353. The molecule has 0 spiro atoms. The predicted molar refractivity (Wildman–Crippen MR) is 105 cm³/mol. The van der Waals surface area contributed by atoms with E-state index in [9.17, 15) is 4.39 Å². The molecule has 2 unspecified atom stereocenters. The molecule has 130 valence electrons. The van der Waals surface area contributed by atoms with Crippen LogP contribution in [0.2, 0.25) is 5.02 Å². The Bertz CT molecular complexity index is 673. The van der Waals surface area contributed by atoms with Gasteiger partial charge in [0.1, 0.15) is 18.1 Å². The fourth-order valence-corrected chi connectivity index (χ4v) is 2.90. The van der Waals surface area contributed by atoms with Crippen molar-refractivity contribution >= 4 is 41.5 Å². The second kappa shape index (κ2) is 8.71. The monoisotopic (exact) mass is 463 g/mol. The van der Waals surface area contributed by atoms with Gasteiger partial charge in [-0.05, 0) is 37.6 Å². The van der Waals surface area contributed by atoms with Crippen LogP contribution in [0.4, 0.5) is 4.39 Å². The Hall–Kier alpha value is -1.28. The maximum absolute atomic E-state index is 14.0. The van der Waals surface area contributed by atoms with Crippen LogP contribution in [0.15, 0.2) is 46.0 Å². The van der Waals surface area contributed by atoms with Crippen LogP contribution in [0, 0.1) is 5.82 Å². The van der Waals surface area contributed by atoms with Gasteiger partial charge in [0.05, 0.1) is 6.26 Å². The Morgan fingerprint density at radius 2 is 2.21 bits per heavy atom. The molecule has 0 bridgehead atoms. The third-order valence-corrected chi connectivity index (χ3v) is 4.13. The summed E-state index contributed by atoms with van der Waals surface area (Å²) < 4.78 is 19.2. The maximum atomic E-state index is 14.0. The third kappa shape index (κ3) is 4.63. The van der Waals surface area contributed by atoms with E-state index in [1.807, 2.05) is 19.1 Å². The van der Waals surface area contributed by atoms with E-state index < -0.39 is 0 Å². The summed E-state index contributed by atoms with van der Waals surface area (Å²) in [4.78, 5) is 4.48. The highest BCUT2D eigenvalue weighted by Gasteiger charge is 2.41. The van der Waals surface area contributed by atoms with Crippen molar-refractivity contribution in [3.63, 3.8) is 0 Å². The van der Waals surface area contributed by atoms with Crippen molar-refractivity contribution in [2.75, 3.05) is 6.54 Å². The summed E-state index contributed by atoms with van der Waals surface area (Å²) in [7, 11) is 0. The van der Waals surface area contributed by atoms with E-state index in [4.69, 9.17) is 16.0 Å². The molecule has 2 N–H and O–H groups in total. The van der Waals surface area contributed by atoms with Crippen molar-refractivity contribution < 1.29 is 8.81 Å². The van der Waals surface area contributed by atoms with Gasteiger partial charge in [0.15, 0.2) is 5.96 Å². The van der Waals surface area contributed by atoms with Crippen LogP contribution >= 0.6 is 35.6 Å². The molecule has 1 heterocycles. The number of rotatable bonds is 5. The Labute approximate surface area is 162 Å². The standard InChI is InChI=1S/C17H19ClFN3O.HI/c1-2-20-17(21-10-11-5-4-8-23-11)22-15-9-12(15)16-13(18)6-3-7-14(16)19;/h3-8,12,15H,2,9-10H2,1H3,(H2,20,21,22);1H. The summed E-state index contributed by atoms with van der Waals surface area (Å²) in [6.45, 7) is 3.21. The van der Waals surface area contributed by atoms with Gasteiger partial charge in [-0.3, -0.25) is 0 Å². The molecule has 0 amide bonds. The van der Waals surface area contributed by atoms with Crippen LogP contribution in [0.25, 0.3) is 0 Å². The number of benzene rings is 1. The van der Waals surface area contributed by atoms with Gasteiger partial charge in [0.25, 0.3) is 0 Å². The van der Waals surface area contributed by atoms with Gasteiger partial charge in [-0.25, -0.2) is 9.38 Å². The van der Waals surface area contributed by atoms with Crippen LogP contribution in [-0.2, 0) is 6.54 Å². The Kier molecular flexibility index (Phi) is 6.91. The van der Waals surface area contributed by atoms with E-state index in [2.05, 4.69) is 15.6 Å². The van der Waals surface area contributed by atoms with Crippen molar-refractivity contribution in [1.82, 2.24) is 10.6 Å². The van der Waals surface area contributed by atoms with Crippen molar-refractivity contribution in [1.29, 1.82) is 0 Å². The Balaban J connectivity index is 0.00000208. The molecule has 0 aliphatic heterocycles.